The molecule has 0 bridgehead atoms. The predicted molar refractivity (Wildman–Crippen MR) is 75.0 cm³/mol. The van der Waals surface area contributed by atoms with Gasteiger partial charge in [-0.15, -0.1) is 0 Å². The Balaban J connectivity index is 2.19. The van der Waals surface area contributed by atoms with E-state index in [2.05, 4.69) is 29.1 Å². The highest BCUT2D eigenvalue weighted by Gasteiger charge is 2.46. The Morgan fingerprint density at radius 3 is 2.55 bits per heavy atom. The van der Waals surface area contributed by atoms with E-state index in [0.717, 1.165) is 6.42 Å². The van der Waals surface area contributed by atoms with Gasteiger partial charge in [-0.1, -0.05) is 0 Å². The minimum atomic E-state index is -1.01. The molecule has 2 rings (SSSR count). The van der Waals surface area contributed by atoms with Crippen LogP contribution in [0.15, 0.2) is 6.20 Å². The fourth-order valence-electron chi connectivity index (χ4n) is 2.69. The molecule has 0 aromatic carbocycles. The van der Waals surface area contributed by atoms with Crippen molar-refractivity contribution >= 4 is 11.9 Å². The molecule has 0 amide bonds. The highest BCUT2D eigenvalue weighted by Crippen LogP contribution is 2.38. The lowest BCUT2D eigenvalue weighted by Gasteiger charge is -2.27. The molecule has 1 fully saturated rings. The number of hydrogen-bond acceptors (Lipinski definition) is 5. The number of aryl methyl sites for hydroxylation is 1. The van der Waals surface area contributed by atoms with Gasteiger partial charge in [-0.05, 0) is 41.0 Å². The van der Waals surface area contributed by atoms with Crippen LogP contribution in [-0.2, 0) is 4.74 Å². The van der Waals surface area contributed by atoms with Crippen molar-refractivity contribution in [2.75, 3.05) is 5.32 Å². The molecule has 110 valence electrons. The van der Waals surface area contributed by atoms with Gasteiger partial charge in [-0.2, -0.15) is 0 Å². The molecular weight excluding hydrogens is 258 g/mol. The maximum absolute atomic E-state index is 10.9. The Kier molecular flexibility index (Phi) is 3.46. The van der Waals surface area contributed by atoms with Gasteiger partial charge in [0, 0.05) is 6.20 Å². The minimum absolute atomic E-state index is 0.0765. The summed E-state index contributed by atoms with van der Waals surface area (Å²) < 4.78 is 6.00. The van der Waals surface area contributed by atoms with E-state index in [1.165, 1.54) is 6.20 Å². The number of carboxylic acids is 1. The number of carboxylic acid groups (broad SMARTS) is 1. The number of aromatic carboxylic acids is 1. The van der Waals surface area contributed by atoms with Gasteiger partial charge in [0.25, 0.3) is 0 Å². The number of carbonyl (C=O) groups is 1. The van der Waals surface area contributed by atoms with E-state index >= 15 is 0 Å². The summed E-state index contributed by atoms with van der Waals surface area (Å²) in [5, 5.41) is 12.2. The quantitative estimate of drug-likeness (QED) is 0.882. The lowest BCUT2D eigenvalue weighted by atomic mass is 9.95. The monoisotopic (exact) mass is 279 g/mol. The van der Waals surface area contributed by atoms with Crippen LogP contribution >= 0.6 is 0 Å². The SMILES string of the molecule is Cc1nc(NC2CC(C)(C)OC2(C)C)ncc1C(=O)O. The molecule has 1 aliphatic rings. The Labute approximate surface area is 118 Å². The fourth-order valence-corrected chi connectivity index (χ4v) is 2.69. The number of anilines is 1. The summed E-state index contributed by atoms with van der Waals surface area (Å²) in [6.45, 7) is 9.82. The molecule has 1 unspecified atom stereocenters. The van der Waals surface area contributed by atoms with Crippen molar-refractivity contribution in [2.45, 2.75) is 58.3 Å². The average molecular weight is 279 g/mol. The third-order valence-electron chi connectivity index (χ3n) is 3.59. The summed E-state index contributed by atoms with van der Waals surface area (Å²) in [6, 6.07) is 0.0765. The van der Waals surface area contributed by atoms with Crippen LogP contribution in [0.5, 0.6) is 0 Å². The van der Waals surface area contributed by atoms with Gasteiger partial charge in [0.2, 0.25) is 5.95 Å². The predicted octanol–water partition coefficient (Wildman–Crippen LogP) is 2.24. The molecule has 2 heterocycles. The van der Waals surface area contributed by atoms with Crippen LogP contribution in [0.2, 0.25) is 0 Å². The number of ether oxygens (including phenoxy) is 1. The van der Waals surface area contributed by atoms with E-state index in [9.17, 15) is 4.79 Å². The number of nitrogens with zero attached hydrogens (tertiary/aromatic N) is 2. The molecule has 1 saturated heterocycles. The first kappa shape index (κ1) is 14.7. The third-order valence-corrected chi connectivity index (χ3v) is 3.59. The zero-order valence-electron chi connectivity index (χ0n) is 12.5. The van der Waals surface area contributed by atoms with Crippen LogP contribution in [-0.4, -0.2) is 38.3 Å². The van der Waals surface area contributed by atoms with Crippen LogP contribution in [0.4, 0.5) is 5.95 Å². The first-order chi connectivity index (χ1) is 9.11. The Morgan fingerprint density at radius 2 is 2.10 bits per heavy atom. The molecule has 6 nitrogen and oxygen atoms in total. The third kappa shape index (κ3) is 2.90. The molecule has 1 aromatic rings. The average Bonchev–Trinajstić information content (AvgIpc) is 2.45. The smallest absolute Gasteiger partial charge is 0.339 e. The fraction of sp³-hybridized carbons (Fsp3) is 0.643. The van der Waals surface area contributed by atoms with Crippen molar-refractivity contribution in [3.63, 3.8) is 0 Å². The van der Waals surface area contributed by atoms with Crippen LogP contribution in [0.3, 0.4) is 0 Å². The lowest BCUT2D eigenvalue weighted by Crippen LogP contribution is -2.38. The number of rotatable bonds is 3. The Morgan fingerprint density at radius 1 is 1.45 bits per heavy atom. The number of hydrogen-bond donors (Lipinski definition) is 2. The van der Waals surface area contributed by atoms with E-state index in [1.807, 2.05) is 13.8 Å². The van der Waals surface area contributed by atoms with Gasteiger partial charge >= 0.3 is 5.97 Å². The molecule has 2 N–H and O–H groups in total. The molecule has 1 atom stereocenters. The zero-order chi connectivity index (χ0) is 15.1. The molecule has 0 radical (unpaired) electrons. The minimum Gasteiger partial charge on any atom is -0.478 e. The first-order valence-electron chi connectivity index (χ1n) is 6.64. The second kappa shape index (κ2) is 4.70. The maximum atomic E-state index is 10.9. The van der Waals surface area contributed by atoms with Crippen LogP contribution in [0.25, 0.3) is 0 Å². The molecule has 6 heteroatoms. The largest absolute Gasteiger partial charge is 0.478 e. The van der Waals surface area contributed by atoms with Crippen molar-refractivity contribution in [2.24, 2.45) is 0 Å². The van der Waals surface area contributed by atoms with Gasteiger partial charge in [0.05, 0.1) is 28.5 Å². The summed E-state index contributed by atoms with van der Waals surface area (Å²) in [4.78, 5) is 19.2. The van der Waals surface area contributed by atoms with Crippen LogP contribution < -0.4 is 5.32 Å². The summed E-state index contributed by atoms with van der Waals surface area (Å²) in [6.07, 6.45) is 2.17. The molecule has 1 aliphatic heterocycles. The van der Waals surface area contributed by atoms with Gasteiger partial charge in [0.15, 0.2) is 0 Å². The van der Waals surface area contributed by atoms with Crippen molar-refractivity contribution in [1.29, 1.82) is 0 Å². The Hall–Kier alpha value is -1.69. The van der Waals surface area contributed by atoms with Crippen LogP contribution in [0.1, 0.15) is 50.2 Å². The molecule has 1 aromatic heterocycles. The topological polar surface area (TPSA) is 84.3 Å². The zero-order valence-corrected chi connectivity index (χ0v) is 12.5. The molecule has 0 aliphatic carbocycles. The van der Waals surface area contributed by atoms with Gasteiger partial charge in [-0.3, -0.25) is 0 Å². The summed E-state index contributed by atoms with van der Waals surface area (Å²) in [5.74, 6) is -0.577. The van der Waals surface area contributed by atoms with E-state index in [0.29, 0.717) is 11.6 Å². The van der Waals surface area contributed by atoms with Gasteiger partial charge in [-0.25, -0.2) is 14.8 Å². The number of nitrogens with one attached hydrogen (secondary N) is 1. The Bertz CT molecular complexity index is 540. The van der Waals surface area contributed by atoms with Gasteiger partial charge in [0.1, 0.15) is 0 Å². The van der Waals surface area contributed by atoms with Crippen LogP contribution in [0, 0.1) is 6.92 Å². The standard InChI is InChI=1S/C14H21N3O3/c1-8-9(11(18)19)7-15-12(16-8)17-10-6-13(2,3)20-14(10,4)5/h7,10H,6H2,1-5H3,(H,18,19)(H,15,16,17). The highest BCUT2D eigenvalue weighted by atomic mass is 16.5. The van der Waals surface area contributed by atoms with E-state index in [4.69, 9.17) is 9.84 Å². The van der Waals surface area contributed by atoms with Crippen molar-refractivity contribution < 1.29 is 14.6 Å². The molecular formula is C14H21N3O3. The first-order valence-corrected chi connectivity index (χ1v) is 6.64. The highest BCUT2D eigenvalue weighted by molar-refractivity contribution is 5.88. The number of aromatic nitrogens is 2. The second-order valence-electron chi connectivity index (χ2n) is 6.36. The molecule has 20 heavy (non-hydrogen) atoms. The van der Waals surface area contributed by atoms with Crippen molar-refractivity contribution in [1.82, 2.24) is 9.97 Å². The lowest BCUT2D eigenvalue weighted by molar-refractivity contribution is -0.0663. The molecule has 0 saturated carbocycles. The second-order valence-corrected chi connectivity index (χ2v) is 6.36. The normalized spacial score (nSPS) is 23.6. The van der Waals surface area contributed by atoms with Gasteiger partial charge < -0.3 is 15.2 Å². The van der Waals surface area contributed by atoms with Crippen molar-refractivity contribution in [3.05, 3.63) is 17.5 Å². The van der Waals surface area contributed by atoms with E-state index in [-0.39, 0.29) is 22.8 Å². The summed E-state index contributed by atoms with van der Waals surface area (Å²) in [5.41, 5.74) is 0.0486. The van der Waals surface area contributed by atoms with Crippen molar-refractivity contribution in [3.8, 4) is 0 Å². The van der Waals surface area contributed by atoms with E-state index in [1.54, 1.807) is 6.92 Å². The summed E-state index contributed by atoms with van der Waals surface area (Å²) in [7, 11) is 0. The maximum Gasteiger partial charge on any atom is 0.339 e. The summed E-state index contributed by atoms with van der Waals surface area (Å²) >= 11 is 0. The molecule has 0 spiro atoms. The van der Waals surface area contributed by atoms with E-state index < -0.39 is 5.97 Å².